The number of hydrogen-bond donors (Lipinski definition) is 2. The van der Waals surface area contributed by atoms with Gasteiger partial charge in [-0.25, -0.2) is 28.1 Å². The molecule has 6 rings (SSSR count). The summed E-state index contributed by atoms with van der Waals surface area (Å²) in [6.45, 7) is 1.63. The molecular weight excluding hydrogens is 522 g/mol. The molecule has 2 aromatic heterocycles. The maximum Gasteiger partial charge on any atom is 0.335 e. The van der Waals surface area contributed by atoms with E-state index in [9.17, 15) is 18.8 Å². The highest BCUT2D eigenvalue weighted by atomic mass is 19.1. The van der Waals surface area contributed by atoms with Crippen LogP contribution in [0.4, 0.5) is 14.5 Å². The van der Waals surface area contributed by atoms with Gasteiger partial charge < -0.3 is 15.4 Å². The topological polar surface area (TPSA) is 120 Å². The van der Waals surface area contributed by atoms with Crippen LogP contribution >= 0.6 is 0 Å². The fourth-order valence-electron chi connectivity index (χ4n) is 4.59. The summed E-state index contributed by atoms with van der Waals surface area (Å²) in [7, 11) is 0. The predicted octanol–water partition coefficient (Wildman–Crippen LogP) is 3.17. The summed E-state index contributed by atoms with van der Waals surface area (Å²) in [5.41, 5.74) is -0.0136. The fraction of sp³-hybridized carbons (Fsp3) is 0.250. The average Bonchev–Trinajstić information content (AvgIpc) is 3.77. The second-order valence-electron chi connectivity index (χ2n) is 9.77. The molecule has 0 unspecified atom stereocenters. The lowest BCUT2D eigenvalue weighted by atomic mass is 10.1. The van der Waals surface area contributed by atoms with Crippen molar-refractivity contribution in [3.05, 3.63) is 104 Å². The highest BCUT2D eigenvalue weighted by Gasteiger charge is 2.25. The molecule has 10 nitrogen and oxygen atoms in total. The number of nitrogens with zero attached hydrogens (tertiary/aromatic N) is 4. The number of benzene rings is 2. The number of aromatic nitrogens is 4. The number of fused-ring (bicyclic) bond motifs is 1. The molecule has 0 bridgehead atoms. The Labute approximate surface area is 226 Å². The smallest absolute Gasteiger partial charge is 0.335 e. The van der Waals surface area contributed by atoms with Crippen LogP contribution in [0, 0.1) is 17.6 Å². The van der Waals surface area contributed by atoms with Gasteiger partial charge in [0.2, 0.25) is 5.88 Å². The van der Waals surface area contributed by atoms with Gasteiger partial charge in [-0.2, -0.15) is 0 Å². The molecule has 0 spiro atoms. The van der Waals surface area contributed by atoms with Crippen molar-refractivity contribution < 1.29 is 18.3 Å². The monoisotopic (exact) mass is 546 g/mol. The predicted molar refractivity (Wildman–Crippen MR) is 141 cm³/mol. The first-order chi connectivity index (χ1) is 19.4. The van der Waals surface area contributed by atoms with Gasteiger partial charge in [0, 0.05) is 36.6 Å². The molecule has 12 heteroatoms. The van der Waals surface area contributed by atoms with E-state index in [0.717, 1.165) is 53.4 Å². The Kier molecular flexibility index (Phi) is 6.68. The molecule has 1 aliphatic heterocycles. The number of anilines is 1. The number of ether oxygens (including phenoxy) is 1. The third kappa shape index (κ3) is 5.13. The van der Waals surface area contributed by atoms with E-state index in [0.29, 0.717) is 19.5 Å². The molecule has 1 amide bonds. The minimum Gasteiger partial charge on any atom is -0.436 e. The number of hydrogen-bond acceptors (Lipinski definition) is 7. The van der Waals surface area contributed by atoms with E-state index in [1.165, 1.54) is 41.4 Å². The molecule has 0 radical (unpaired) electrons. The maximum atomic E-state index is 15.0. The Morgan fingerprint density at radius 2 is 1.90 bits per heavy atom. The van der Waals surface area contributed by atoms with E-state index in [-0.39, 0.29) is 34.5 Å². The number of carbonyl (C=O) groups is 1. The van der Waals surface area contributed by atoms with Gasteiger partial charge in [0.25, 0.3) is 11.5 Å². The molecule has 204 valence electrons. The minimum absolute atomic E-state index is 0.0800. The molecule has 1 fully saturated rings. The third-order valence-electron chi connectivity index (χ3n) is 6.87. The van der Waals surface area contributed by atoms with Gasteiger partial charge >= 0.3 is 5.69 Å². The van der Waals surface area contributed by atoms with Crippen LogP contribution in [0.3, 0.4) is 0 Å². The molecule has 1 saturated carbocycles. The molecule has 2 aliphatic rings. The normalized spacial score (nSPS) is 14.4. The van der Waals surface area contributed by atoms with E-state index in [2.05, 4.69) is 20.6 Å². The number of nitrogens with one attached hydrogen (secondary N) is 2. The van der Waals surface area contributed by atoms with Crippen LogP contribution < -0.4 is 26.6 Å². The Bertz CT molecular complexity index is 1730. The summed E-state index contributed by atoms with van der Waals surface area (Å²) in [5.74, 6) is -1.66. The lowest BCUT2D eigenvalue weighted by Crippen LogP contribution is -2.42. The lowest BCUT2D eigenvalue weighted by Gasteiger charge is -2.18. The van der Waals surface area contributed by atoms with Crippen LogP contribution in [0.25, 0.3) is 5.69 Å². The van der Waals surface area contributed by atoms with Gasteiger partial charge in [0.1, 0.15) is 17.7 Å². The highest BCUT2D eigenvalue weighted by Crippen LogP contribution is 2.31. The standard InChI is InChI=1S/C28H24F2N6O4/c29-17-3-6-19(7-4-17)36-27(38)21(14-35(28(36)39)13-16-1-2-16)25(37)34-18-5-8-24(22(30)11-18)40-26-20-9-10-31-12-23(20)32-15-33-26/h3-8,11,14-16,31H,1-2,9-10,12-13H2,(H,34,37). The Hall–Kier alpha value is -4.71. The quantitative estimate of drug-likeness (QED) is 0.365. The fourth-order valence-corrected chi connectivity index (χ4v) is 4.59. The van der Waals surface area contributed by atoms with Crippen molar-refractivity contribution in [2.45, 2.75) is 32.4 Å². The van der Waals surface area contributed by atoms with Crippen molar-refractivity contribution >= 4 is 11.6 Å². The molecular formula is C28H24F2N6O4. The molecule has 1 aliphatic carbocycles. The zero-order valence-corrected chi connectivity index (χ0v) is 21.2. The zero-order chi connectivity index (χ0) is 27.8. The molecule has 4 aromatic rings. The van der Waals surface area contributed by atoms with Crippen molar-refractivity contribution in [2.24, 2.45) is 5.92 Å². The van der Waals surface area contributed by atoms with Crippen LogP contribution in [0.5, 0.6) is 11.6 Å². The van der Waals surface area contributed by atoms with Crippen molar-refractivity contribution in [3.63, 3.8) is 0 Å². The third-order valence-corrected chi connectivity index (χ3v) is 6.87. The lowest BCUT2D eigenvalue weighted by molar-refractivity contribution is 0.102. The second kappa shape index (κ2) is 10.5. The van der Waals surface area contributed by atoms with Crippen LogP contribution in [0.2, 0.25) is 0 Å². The second-order valence-corrected chi connectivity index (χ2v) is 9.77. The zero-order valence-electron chi connectivity index (χ0n) is 21.2. The summed E-state index contributed by atoms with van der Waals surface area (Å²) in [6.07, 6.45) is 5.09. The summed E-state index contributed by atoms with van der Waals surface area (Å²) < 4.78 is 36.4. The largest absolute Gasteiger partial charge is 0.436 e. The number of carbonyl (C=O) groups excluding carboxylic acids is 1. The average molecular weight is 547 g/mol. The van der Waals surface area contributed by atoms with E-state index in [4.69, 9.17) is 4.74 Å². The summed E-state index contributed by atoms with van der Waals surface area (Å²) in [5, 5.41) is 5.73. The van der Waals surface area contributed by atoms with Gasteiger partial charge in [-0.1, -0.05) is 0 Å². The van der Waals surface area contributed by atoms with Crippen LogP contribution in [-0.4, -0.2) is 31.6 Å². The molecule has 2 aromatic carbocycles. The summed E-state index contributed by atoms with van der Waals surface area (Å²) in [4.78, 5) is 48.0. The first-order valence-corrected chi connectivity index (χ1v) is 12.8. The van der Waals surface area contributed by atoms with Gasteiger partial charge in [0.05, 0.1) is 11.4 Å². The van der Waals surface area contributed by atoms with Crippen molar-refractivity contribution in [2.75, 3.05) is 11.9 Å². The first-order valence-electron chi connectivity index (χ1n) is 12.8. The molecule has 2 N–H and O–H groups in total. The Morgan fingerprint density at radius 3 is 2.65 bits per heavy atom. The van der Waals surface area contributed by atoms with E-state index < -0.39 is 28.8 Å². The van der Waals surface area contributed by atoms with Gasteiger partial charge in [-0.05, 0) is 68.1 Å². The molecule has 3 heterocycles. The Morgan fingerprint density at radius 1 is 1.10 bits per heavy atom. The number of halogens is 2. The van der Waals surface area contributed by atoms with Gasteiger partial charge in [0.15, 0.2) is 11.6 Å². The molecule has 40 heavy (non-hydrogen) atoms. The summed E-state index contributed by atoms with van der Waals surface area (Å²) in [6, 6.07) is 8.69. The van der Waals surface area contributed by atoms with Gasteiger partial charge in [-0.3, -0.25) is 14.2 Å². The number of rotatable bonds is 7. The van der Waals surface area contributed by atoms with Crippen LogP contribution in [0.1, 0.15) is 34.5 Å². The van der Waals surface area contributed by atoms with Crippen molar-refractivity contribution in [1.82, 2.24) is 24.4 Å². The van der Waals surface area contributed by atoms with Crippen LogP contribution in [-0.2, 0) is 19.5 Å². The van der Waals surface area contributed by atoms with E-state index in [1.807, 2.05) is 0 Å². The summed E-state index contributed by atoms with van der Waals surface area (Å²) >= 11 is 0. The number of amides is 1. The van der Waals surface area contributed by atoms with Crippen molar-refractivity contribution in [1.29, 1.82) is 0 Å². The highest BCUT2D eigenvalue weighted by molar-refractivity contribution is 6.03. The SMILES string of the molecule is O=C(Nc1ccc(Oc2ncnc3c2CCNC3)c(F)c1)c1cn(CC2CC2)c(=O)n(-c2ccc(F)cc2)c1=O. The Balaban J connectivity index is 1.28. The van der Waals surface area contributed by atoms with Gasteiger partial charge in [-0.15, -0.1) is 0 Å². The van der Waals surface area contributed by atoms with E-state index in [1.54, 1.807) is 0 Å². The molecule has 0 saturated heterocycles. The van der Waals surface area contributed by atoms with E-state index >= 15 is 4.39 Å². The molecule has 0 atom stereocenters. The first kappa shape index (κ1) is 25.6. The van der Waals surface area contributed by atoms with Crippen molar-refractivity contribution in [3.8, 4) is 17.3 Å². The van der Waals surface area contributed by atoms with Crippen LogP contribution in [0.15, 0.2) is 64.6 Å². The minimum atomic E-state index is -0.871. The maximum absolute atomic E-state index is 15.0.